The molecule has 1 fully saturated rings. The van der Waals surface area contributed by atoms with Crippen LogP contribution in [0.1, 0.15) is 73.0 Å². The standard InChI is InChI=1S/C29H37Cl2NO5/c1-3-20(13-21-7-5-11-36-19-21)18-32-29(34)24-14-23(16-26(31)17-24)28(22-8-4-9-25(30)15-22)37-12-6-10-27(33)35-2/h4,8-9,14-17,20-21,28H,3,5-7,10-13,18-19H2,1-2H3,(H,32,34)/t20?,21?,28-/m0/s1. The number of nitrogens with one attached hydrogen (secondary N) is 1. The summed E-state index contributed by atoms with van der Waals surface area (Å²) < 4.78 is 16.5. The second-order valence-electron chi connectivity index (χ2n) is 9.56. The molecule has 1 aliphatic heterocycles. The Labute approximate surface area is 230 Å². The van der Waals surface area contributed by atoms with Crippen LogP contribution in [-0.4, -0.2) is 45.4 Å². The Balaban J connectivity index is 1.71. The maximum absolute atomic E-state index is 13.1. The first kappa shape index (κ1) is 29.4. The van der Waals surface area contributed by atoms with Gasteiger partial charge in [0, 0.05) is 48.4 Å². The van der Waals surface area contributed by atoms with E-state index in [9.17, 15) is 9.59 Å². The highest BCUT2D eigenvalue weighted by Crippen LogP contribution is 2.31. The van der Waals surface area contributed by atoms with Crippen molar-refractivity contribution < 1.29 is 23.8 Å². The van der Waals surface area contributed by atoms with Crippen molar-refractivity contribution in [2.24, 2.45) is 11.8 Å². The molecule has 1 aliphatic rings. The van der Waals surface area contributed by atoms with Crippen molar-refractivity contribution in [3.8, 4) is 0 Å². The van der Waals surface area contributed by atoms with Gasteiger partial charge in [-0.15, -0.1) is 0 Å². The molecule has 6 nitrogen and oxygen atoms in total. The van der Waals surface area contributed by atoms with Crippen LogP contribution in [0.15, 0.2) is 42.5 Å². The van der Waals surface area contributed by atoms with E-state index in [0.717, 1.165) is 43.6 Å². The maximum atomic E-state index is 13.1. The molecule has 3 atom stereocenters. The summed E-state index contributed by atoms with van der Waals surface area (Å²) in [4.78, 5) is 24.6. The summed E-state index contributed by atoms with van der Waals surface area (Å²) in [6.45, 7) is 4.75. The molecule has 0 bridgehead atoms. The van der Waals surface area contributed by atoms with Crippen molar-refractivity contribution in [1.82, 2.24) is 5.32 Å². The number of benzene rings is 2. The molecule has 0 spiro atoms. The van der Waals surface area contributed by atoms with Gasteiger partial charge in [-0.05, 0) is 79.0 Å². The number of rotatable bonds is 13. The van der Waals surface area contributed by atoms with Crippen LogP contribution in [0.25, 0.3) is 0 Å². The van der Waals surface area contributed by atoms with E-state index in [1.165, 1.54) is 13.5 Å². The van der Waals surface area contributed by atoms with Crippen molar-refractivity contribution in [1.29, 1.82) is 0 Å². The summed E-state index contributed by atoms with van der Waals surface area (Å²) in [6.07, 6.45) is 4.59. The number of carbonyl (C=O) groups is 2. The Morgan fingerprint density at radius 2 is 1.95 bits per heavy atom. The first-order valence-electron chi connectivity index (χ1n) is 13.0. The minimum Gasteiger partial charge on any atom is -0.469 e. The predicted octanol–water partition coefficient (Wildman–Crippen LogP) is 6.63. The lowest BCUT2D eigenvalue weighted by molar-refractivity contribution is -0.141. The third-order valence-electron chi connectivity index (χ3n) is 6.72. The molecule has 37 heavy (non-hydrogen) atoms. The van der Waals surface area contributed by atoms with Crippen LogP contribution in [0.4, 0.5) is 0 Å². The fraction of sp³-hybridized carbons (Fsp3) is 0.517. The van der Waals surface area contributed by atoms with Gasteiger partial charge in [0.15, 0.2) is 0 Å². The smallest absolute Gasteiger partial charge is 0.305 e. The van der Waals surface area contributed by atoms with Gasteiger partial charge in [-0.3, -0.25) is 9.59 Å². The number of hydrogen-bond donors (Lipinski definition) is 1. The molecule has 8 heteroatoms. The minimum atomic E-state index is -0.503. The topological polar surface area (TPSA) is 73.9 Å². The average molecular weight is 551 g/mol. The van der Waals surface area contributed by atoms with E-state index in [2.05, 4.69) is 12.2 Å². The third-order valence-corrected chi connectivity index (χ3v) is 7.18. The number of ether oxygens (including phenoxy) is 3. The molecule has 3 rings (SSSR count). The van der Waals surface area contributed by atoms with Gasteiger partial charge in [-0.25, -0.2) is 0 Å². The molecule has 1 N–H and O–H groups in total. The number of methoxy groups -OCH3 is 1. The Bertz CT molecular complexity index is 1030. The van der Waals surface area contributed by atoms with Gasteiger partial charge in [0.25, 0.3) is 5.91 Å². The van der Waals surface area contributed by atoms with E-state index in [1.807, 2.05) is 24.3 Å². The van der Waals surface area contributed by atoms with Crippen LogP contribution in [-0.2, 0) is 19.0 Å². The van der Waals surface area contributed by atoms with E-state index >= 15 is 0 Å². The van der Waals surface area contributed by atoms with Crippen LogP contribution in [0.3, 0.4) is 0 Å². The summed E-state index contributed by atoms with van der Waals surface area (Å²) in [7, 11) is 1.36. The molecular weight excluding hydrogens is 513 g/mol. The molecule has 1 heterocycles. The zero-order chi connectivity index (χ0) is 26.6. The molecular formula is C29H37Cl2NO5. The van der Waals surface area contributed by atoms with Crippen LogP contribution in [0.5, 0.6) is 0 Å². The van der Waals surface area contributed by atoms with Gasteiger partial charge in [0.05, 0.1) is 7.11 Å². The fourth-order valence-corrected chi connectivity index (χ4v) is 5.11. The first-order valence-corrected chi connectivity index (χ1v) is 13.8. The lowest BCUT2D eigenvalue weighted by atomic mass is 9.89. The molecule has 1 saturated heterocycles. The highest BCUT2D eigenvalue weighted by Gasteiger charge is 2.21. The van der Waals surface area contributed by atoms with E-state index in [1.54, 1.807) is 18.2 Å². The quantitative estimate of drug-likeness (QED) is 0.224. The second-order valence-corrected chi connectivity index (χ2v) is 10.4. The summed E-state index contributed by atoms with van der Waals surface area (Å²) in [5.74, 6) is 0.499. The van der Waals surface area contributed by atoms with Gasteiger partial charge in [-0.1, -0.05) is 48.7 Å². The van der Waals surface area contributed by atoms with Gasteiger partial charge < -0.3 is 19.5 Å². The zero-order valence-corrected chi connectivity index (χ0v) is 23.2. The molecule has 2 aromatic carbocycles. The average Bonchev–Trinajstić information content (AvgIpc) is 2.90. The van der Waals surface area contributed by atoms with Gasteiger partial charge in [-0.2, -0.15) is 0 Å². The van der Waals surface area contributed by atoms with Crippen molar-refractivity contribution in [3.05, 3.63) is 69.2 Å². The number of carbonyl (C=O) groups excluding carboxylic acids is 2. The maximum Gasteiger partial charge on any atom is 0.305 e. The zero-order valence-electron chi connectivity index (χ0n) is 21.6. The van der Waals surface area contributed by atoms with E-state index in [-0.39, 0.29) is 18.3 Å². The number of amides is 1. The normalized spacial score (nSPS) is 17.1. The van der Waals surface area contributed by atoms with Gasteiger partial charge in [0.2, 0.25) is 0 Å². The molecule has 2 unspecified atom stereocenters. The first-order chi connectivity index (χ1) is 17.9. The Morgan fingerprint density at radius 3 is 2.65 bits per heavy atom. The van der Waals surface area contributed by atoms with E-state index in [0.29, 0.717) is 47.0 Å². The minimum absolute atomic E-state index is 0.169. The molecule has 2 aromatic rings. The van der Waals surface area contributed by atoms with Gasteiger partial charge in [0.1, 0.15) is 6.10 Å². The van der Waals surface area contributed by atoms with Crippen LogP contribution >= 0.6 is 23.2 Å². The molecule has 0 radical (unpaired) electrons. The van der Waals surface area contributed by atoms with Crippen LogP contribution in [0.2, 0.25) is 10.0 Å². The number of esters is 1. The van der Waals surface area contributed by atoms with Gasteiger partial charge >= 0.3 is 5.97 Å². The fourth-order valence-electron chi connectivity index (χ4n) is 4.67. The van der Waals surface area contributed by atoms with E-state index < -0.39 is 6.10 Å². The highest BCUT2D eigenvalue weighted by molar-refractivity contribution is 6.31. The molecule has 0 aromatic heterocycles. The summed E-state index contributed by atoms with van der Waals surface area (Å²) >= 11 is 12.7. The molecule has 1 amide bonds. The van der Waals surface area contributed by atoms with Crippen molar-refractivity contribution in [2.45, 2.75) is 51.6 Å². The van der Waals surface area contributed by atoms with Crippen LogP contribution < -0.4 is 5.32 Å². The highest BCUT2D eigenvalue weighted by atomic mass is 35.5. The predicted molar refractivity (Wildman–Crippen MR) is 146 cm³/mol. The Hall–Kier alpha value is -2.12. The second kappa shape index (κ2) is 15.3. The number of hydrogen-bond acceptors (Lipinski definition) is 5. The SMILES string of the molecule is CCC(CNC(=O)c1cc(Cl)cc([C@@H](OCCCC(=O)OC)c2cccc(Cl)c2)c1)CC1CCCOC1. The van der Waals surface area contributed by atoms with Crippen molar-refractivity contribution >= 4 is 35.1 Å². The number of halogens is 2. The summed E-state index contributed by atoms with van der Waals surface area (Å²) in [5.41, 5.74) is 2.05. The van der Waals surface area contributed by atoms with Crippen LogP contribution in [0, 0.1) is 11.8 Å². The third kappa shape index (κ3) is 9.60. The molecule has 0 saturated carbocycles. The Morgan fingerprint density at radius 1 is 1.14 bits per heavy atom. The van der Waals surface area contributed by atoms with Crippen molar-refractivity contribution in [3.63, 3.8) is 0 Å². The lowest BCUT2D eigenvalue weighted by Gasteiger charge is -2.26. The van der Waals surface area contributed by atoms with E-state index in [4.69, 9.17) is 37.4 Å². The summed E-state index contributed by atoms with van der Waals surface area (Å²) in [6, 6.07) is 12.7. The Kier molecular flexibility index (Phi) is 12.2. The monoisotopic (exact) mass is 549 g/mol. The lowest BCUT2D eigenvalue weighted by Crippen LogP contribution is -2.31. The summed E-state index contributed by atoms with van der Waals surface area (Å²) in [5, 5.41) is 4.12. The molecule has 0 aliphatic carbocycles. The largest absolute Gasteiger partial charge is 0.469 e. The van der Waals surface area contributed by atoms with Crippen molar-refractivity contribution in [2.75, 3.05) is 33.5 Å². The molecule has 202 valence electrons.